The summed E-state index contributed by atoms with van der Waals surface area (Å²) in [4.78, 5) is 13.6. The molecule has 4 rings (SSSR count). The highest BCUT2D eigenvalue weighted by atomic mass is 32.1. The number of rotatable bonds is 5. The van der Waals surface area contributed by atoms with Crippen molar-refractivity contribution in [1.29, 1.82) is 0 Å². The Hall–Kier alpha value is -0.670. The summed E-state index contributed by atoms with van der Waals surface area (Å²) < 4.78 is 1.23. The third-order valence-electron chi connectivity index (χ3n) is 5.19. The molecule has 19 heavy (non-hydrogen) atoms. The molecule has 3 heteroatoms. The van der Waals surface area contributed by atoms with Gasteiger partial charge in [-0.05, 0) is 23.8 Å². The van der Waals surface area contributed by atoms with Crippen molar-refractivity contribution in [2.75, 3.05) is 26.2 Å². The largest absolute Gasteiger partial charge is 0.323 e. The van der Waals surface area contributed by atoms with E-state index in [2.05, 4.69) is 6.92 Å². The van der Waals surface area contributed by atoms with Gasteiger partial charge in [-0.25, -0.2) is 0 Å². The van der Waals surface area contributed by atoms with E-state index in [1.165, 1.54) is 49.8 Å². The Labute approximate surface area is 120 Å². The lowest BCUT2D eigenvalue weighted by Gasteiger charge is -2.52. The van der Waals surface area contributed by atoms with E-state index in [-0.39, 0.29) is 0 Å². The van der Waals surface area contributed by atoms with Crippen LogP contribution in [0.3, 0.4) is 0 Å². The van der Waals surface area contributed by atoms with Crippen LogP contribution in [0.5, 0.6) is 0 Å². The van der Waals surface area contributed by atoms with Crippen molar-refractivity contribution in [2.45, 2.75) is 32.6 Å². The first-order valence-electron chi connectivity index (χ1n) is 7.67. The highest BCUT2D eigenvalue weighted by Gasteiger charge is 2.48. The van der Waals surface area contributed by atoms with E-state index in [0.29, 0.717) is 17.6 Å². The average molecular weight is 278 g/mol. The van der Waals surface area contributed by atoms with Crippen LogP contribution in [-0.2, 0) is 0 Å². The number of nitrogens with zero attached hydrogens (tertiary/aromatic N) is 1. The van der Waals surface area contributed by atoms with E-state index in [0.717, 1.165) is 11.4 Å². The number of thiophene rings is 1. The van der Waals surface area contributed by atoms with E-state index >= 15 is 0 Å². The number of carbonyl (C=O) groups excluding carboxylic acids is 1. The molecule has 2 nitrogen and oxygen atoms in total. The summed E-state index contributed by atoms with van der Waals surface area (Å²) in [5, 5.41) is 2.02. The zero-order chi connectivity index (χ0) is 13.3. The molecule has 104 valence electrons. The molecule has 1 aromatic rings. The van der Waals surface area contributed by atoms with Gasteiger partial charge in [0.05, 0.1) is 37.0 Å². The lowest BCUT2D eigenvalue weighted by Crippen LogP contribution is -2.63. The Morgan fingerprint density at radius 1 is 1.42 bits per heavy atom. The third-order valence-corrected chi connectivity index (χ3v) is 6.07. The van der Waals surface area contributed by atoms with Crippen LogP contribution < -0.4 is 0 Å². The quantitative estimate of drug-likeness (QED) is 0.594. The van der Waals surface area contributed by atoms with Crippen LogP contribution in [0.25, 0.3) is 0 Å². The normalized spacial score (nSPS) is 33.5. The predicted molar refractivity (Wildman–Crippen MR) is 79.5 cm³/mol. The molecule has 0 unspecified atom stereocenters. The van der Waals surface area contributed by atoms with E-state index in [1.807, 2.05) is 17.5 Å². The van der Waals surface area contributed by atoms with Gasteiger partial charge in [0.2, 0.25) is 0 Å². The van der Waals surface area contributed by atoms with Gasteiger partial charge >= 0.3 is 0 Å². The average Bonchev–Trinajstić information content (AvgIpc) is 3.00. The number of hydrogen-bond acceptors (Lipinski definition) is 2. The predicted octanol–water partition coefficient (Wildman–Crippen LogP) is 3.59. The van der Waals surface area contributed by atoms with Gasteiger partial charge in [0.25, 0.3) is 0 Å². The van der Waals surface area contributed by atoms with E-state index in [4.69, 9.17) is 0 Å². The molecule has 1 aromatic heterocycles. The summed E-state index contributed by atoms with van der Waals surface area (Å²) in [5.74, 6) is 1.40. The number of piperidine rings is 3. The molecule has 0 aromatic carbocycles. The lowest BCUT2D eigenvalue weighted by molar-refractivity contribution is -0.945. The maximum Gasteiger partial charge on any atom is 0.181 e. The molecule has 0 spiro atoms. The second kappa shape index (κ2) is 5.37. The third kappa shape index (κ3) is 2.50. The first kappa shape index (κ1) is 13.3. The second-order valence-corrected chi connectivity index (χ2v) is 7.28. The van der Waals surface area contributed by atoms with Crippen LogP contribution in [0.1, 0.15) is 42.3 Å². The summed E-state index contributed by atoms with van der Waals surface area (Å²) in [6.07, 6.45) is 5.12. The van der Waals surface area contributed by atoms with Crippen molar-refractivity contribution < 1.29 is 9.28 Å². The smallest absolute Gasteiger partial charge is 0.181 e. The number of hydrogen-bond donors (Lipinski definition) is 0. The fourth-order valence-corrected chi connectivity index (χ4v) is 4.72. The molecule has 0 amide bonds. The van der Waals surface area contributed by atoms with Crippen LogP contribution in [0.4, 0.5) is 0 Å². The SMILES string of the molecule is CCCC[N+]12CCC(CC1)[C@H](C(=O)c1cccs1)C2. The summed E-state index contributed by atoms with van der Waals surface area (Å²) in [6.45, 7) is 7.31. The number of quaternary nitrogens is 1. The maximum absolute atomic E-state index is 12.7. The number of ketones is 1. The highest BCUT2D eigenvalue weighted by molar-refractivity contribution is 7.12. The minimum absolute atomic E-state index is 0.304. The van der Waals surface area contributed by atoms with Crippen molar-refractivity contribution in [3.63, 3.8) is 0 Å². The number of unbranched alkanes of at least 4 members (excludes halogenated alkanes) is 1. The van der Waals surface area contributed by atoms with Crippen LogP contribution >= 0.6 is 11.3 Å². The summed E-state index contributed by atoms with van der Waals surface area (Å²) in [5.41, 5.74) is 0. The maximum atomic E-state index is 12.7. The van der Waals surface area contributed by atoms with Gasteiger partial charge in [0.15, 0.2) is 5.78 Å². The zero-order valence-electron chi connectivity index (χ0n) is 11.8. The van der Waals surface area contributed by atoms with Crippen molar-refractivity contribution >= 4 is 17.1 Å². The van der Waals surface area contributed by atoms with Crippen molar-refractivity contribution in [3.05, 3.63) is 22.4 Å². The molecule has 0 radical (unpaired) electrons. The lowest BCUT2D eigenvalue weighted by atomic mass is 9.74. The molecular weight excluding hydrogens is 254 g/mol. The Kier molecular flexibility index (Phi) is 3.77. The second-order valence-electron chi connectivity index (χ2n) is 6.33. The zero-order valence-corrected chi connectivity index (χ0v) is 12.6. The van der Waals surface area contributed by atoms with E-state index in [9.17, 15) is 4.79 Å². The molecular formula is C16H24NOS+. The van der Waals surface area contributed by atoms with E-state index in [1.54, 1.807) is 11.3 Å². The summed E-state index contributed by atoms with van der Waals surface area (Å²) in [6, 6.07) is 4.00. The fourth-order valence-electron chi connectivity index (χ4n) is 3.99. The first-order chi connectivity index (χ1) is 9.24. The van der Waals surface area contributed by atoms with Gasteiger partial charge in [0, 0.05) is 12.8 Å². The summed E-state index contributed by atoms with van der Waals surface area (Å²) in [7, 11) is 0. The van der Waals surface area contributed by atoms with Crippen LogP contribution in [-0.4, -0.2) is 36.4 Å². The Bertz CT molecular complexity index is 432. The summed E-state index contributed by atoms with van der Waals surface area (Å²) >= 11 is 1.61. The number of fused-ring (bicyclic) bond motifs is 3. The van der Waals surface area contributed by atoms with E-state index < -0.39 is 0 Å². The van der Waals surface area contributed by atoms with Gasteiger partial charge < -0.3 is 4.48 Å². The Balaban J connectivity index is 1.75. The minimum Gasteiger partial charge on any atom is -0.323 e. The molecule has 1 atom stereocenters. The van der Waals surface area contributed by atoms with Crippen molar-refractivity contribution in [2.24, 2.45) is 11.8 Å². The number of Topliss-reactive ketones (excluding diaryl/α,β-unsaturated/α-hetero) is 1. The monoisotopic (exact) mass is 278 g/mol. The highest BCUT2D eigenvalue weighted by Crippen LogP contribution is 2.40. The standard InChI is InChI=1S/C16H24NOS/c1-2-3-8-17-9-6-13(7-10-17)14(12-17)16(18)15-5-4-11-19-15/h4-5,11,13-14H,2-3,6-10,12H2,1H3/q+1/t13?,14-,17?/m1/s1. The van der Waals surface area contributed by atoms with Gasteiger partial charge in [0.1, 0.15) is 0 Å². The van der Waals surface area contributed by atoms with Crippen molar-refractivity contribution in [1.82, 2.24) is 0 Å². The van der Waals surface area contributed by atoms with Crippen molar-refractivity contribution in [3.8, 4) is 0 Å². The molecule has 4 heterocycles. The van der Waals surface area contributed by atoms with Crippen LogP contribution in [0.2, 0.25) is 0 Å². The molecule has 0 aliphatic carbocycles. The molecule has 0 N–H and O–H groups in total. The van der Waals surface area contributed by atoms with Gasteiger partial charge in [-0.3, -0.25) is 4.79 Å². The topological polar surface area (TPSA) is 17.1 Å². The minimum atomic E-state index is 0.304. The first-order valence-corrected chi connectivity index (χ1v) is 8.55. The van der Waals surface area contributed by atoms with Crippen LogP contribution in [0, 0.1) is 11.8 Å². The Morgan fingerprint density at radius 3 is 2.84 bits per heavy atom. The molecule has 3 saturated heterocycles. The van der Waals surface area contributed by atoms with Crippen LogP contribution in [0.15, 0.2) is 17.5 Å². The Morgan fingerprint density at radius 2 is 2.21 bits per heavy atom. The number of carbonyl (C=O) groups is 1. The van der Waals surface area contributed by atoms with Gasteiger partial charge in [-0.1, -0.05) is 19.4 Å². The molecule has 0 saturated carbocycles. The fraction of sp³-hybridized carbons (Fsp3) is 0.688. The molecule has 3 aliphatic rings. The molecule has 3 fully saturated rings. The van der Waals surface area contributed by atoms with Gasteiger partial charge in [-0.2, -0.15) is 0 Å². The molecule has 3 aliphatic heterocycles. The van der Waals surface area contributed by atoms with Gasteiger partial charge in [-0.15, -0.1) is 11.3 Å². The molecule has 2 bridgehead atoms.